The summed E-state index contributed by atoms with van der Waals surface area (Å²) in [5.41, 5.74) is 1.23. The highest BCUT2D eigenvalue weighted by Gasteiger charge is 2.32. The molecule has 0 aliphatic rings. The Morgan fingerprint density at radius 2 is 1.89 bits per heavy atom. The molecule has 0 bridgehead atoms. The molecule has 0 atom stereocenters. The molecule has 1 heterocycles. The van der Waals surface area contributed by atoms with Crippen molar-refractivity contribution < 1.29 is 23.0 Å². The lowest BCUT2D eigenvalue weighted by molar-refractivity contribution is -0.274. The Balaban J connectivity index is 2.44. The van der Waals surface area contributed by atoms with E-state index in [0.29, 0.717) is 11.1 Å². The zero-order valence-corrected chi connectivity index (χ0v) is 9.69. The number of benzene rings is 1. The highest BCUT2D eigenvalue weighted by molar-refractivity contribution is 5.70. The summed E-state index contributed by atoms with van der Waals surface area (Å²) >= 11 is 0. The third-order valence-electron chi connectivity index (χ3n) is 2.40. The number of pyridine rings is 1. The largest absolute Gasteiger partial charge is 0.573 e. The van der Waals surface area contributed by atoms with Gasteiger partial charge >= 0.3 is 6.36 Å². The predicted octanol–water partition coefficient (Wildman–Crippen LogP) is 3.14. The molecule has 0 fully saturated rings. The molecule has 0 amide bonds. The van der Waals surface area contributed by atoms with Gasteiger partial charge in [-0.05, 0) is 17.7 Å². The monoisotopic (exact) mass is 269 g/mol. The number of halogens is 3. The van der Waals surface area contributed by atoms with E-state index in [-0.39, 0.29) is 17.9 Å². The Kier molecular flexibility index (Phi) is 3.71. The van der Waals surface area contributed by atoms with E-state index < -0.39 is 6.36 Å². The summed E-state index contributed by atoms with van der Waals surface area (Å²) in [6.45, 7) is -0.233. The van der Waals surface area contributed by atoms with Crippen LogP contribution in [0, 0.1) is 0 Å². The Labute approximate surface area is 107 Å². The Hall–Kier alpha value is -2.08. The molecule has 0 unspecified atom stereocenters. The molecule has 19 heavy (non-hydrogen) atoms. The number of para-hydroxylation sites is 1. The zero-order chi connectivity index (χ0) is 13.9. The van der Waals surface area contributed by atoms with Crippen molar-refractivity contribution in [2.75, 3.05) is 0 Å². The van der Waals surface area contributed by atoms with Crippen molar-refractivity contribution in [1.82, 2.24) is 4.98 Å². The van der Waals surface area contributed by atoms with Crippen LogP contribution in [0.5, 0.6) is 5.75 Å². The van der Waals surface area contributed by atoms with Crippen molar-refractivity contribution in [3.63, 3.8) is 0 Å². The van der Waals surface area contributed by atoms with Crippen molar-refractivity contribution >= 4 is 0 Å². The Bertz CT molecular complexity index is 570. The van der Waals surface area contributed by atoms with Crippen molar-refractivity contribution in [3.8, 4) is 16.9 Å². The number of nitrogens with zero attached hydrogens (tertiary/aromatic N) is 1. The van der Waals surface area contributed by atoms with Gasteiger partial charge in [0.1, 0.15) is 5.75 Å². The van der Waals surface area contributed by atoms with Gasteiger partial charge in [0.05, 0.1) is 6.61 Å². The van der Waals surface area contributed by atoms with Gasteiger partial charge < -0.3 is 9.84 Å². The minimum atomic E-state index is -4.75. The van der Waals surface area contributed by atoms with Crippen LogP contribution >= 0.6 is 0 Å². The highest BCUT2D eigenvalue weighted by Crippen LogP contribution is 2.33. The van der Waals surface area contributed by atoms with E-state index >= 15 is 0 Å². The second kappa shape index (κ2) is 5.27. The van der Waals surface area contributed by atoms with E-state index in [9.17, 15) is 13.2 Å². The molecular weight excluding hydrogens is 259 g/mol. The summed E-state index contributed by atoms with van der Waals surface area (Å²) in [6, 6.07) is 7.34. The third-order valence-corrected chi connectivity index (χ3v) is 2.40. The second-order valence-corrected chi connectivity index (χ2v) is 3.78. The van der Waals surface area contributed by atoms with Gasteiger partial charge in [0, 0.05) is 23.5 Å². The first-order chi connectivity index (χ1) is 8.99. The minimum Gasteiger partial charge on any atom is -0.405 e. The van der Waals surface area contributed by atoms with Crippen molar-refractivity contribution in [3.05, 3.63) is 48.3 Å². The smallest absolute Gasteiger partial charge is 0.405 e. The molecular formula is C13H10F3NO2. The first-order valence-electron chi connectivity index (χ1n) is 5.39. The van der Waals surface area contributed by atoms with Crippen molar-refractivity contribution in [1.29, 1.82) is 0 Å². The van der Waals surface area contributed by atoms with E-state index in [2.05, 4.69) is 9.72 Å². The Morgan fingerprint density at radius 3 is 2.58 bits per heavy atom. The van der Waals surface area contributed by atoms with Crippen molar-refractivity contribution in [2.24, 2.45) is 0 Å². The number of ether oxygens (including phenoxy) is 1. The van der Waals surface area contributed by atoms with E-state index in [4.69, 9.17) is 5.11 Å². The number of aliphatic hydroxyl groups is 1. The standard InChI is InChI=1S/C13H10F3NO2/c14-13(15,16)19-12-4-2-1-3-11(12)10-5-9(8-18)6-17-7-10/h1-7,18H,8H2. The molecule has 2 aromatic rings. The quantitative estimate of drug-likeness (QED) is 0.930. The maximum atomic E-state index is 12.3. The van der Waals surface area contributed by atoms with Crippen LogP contribution in [0.1, 0.15) is 5.56 Å². The van der Waals surface area contributed by atoms with E-state index in [1.165, 1.54) is 30.6 Å². The summed E-state index contributed by atoms with van der Waals surface area (Å²) in [6.07, 6.45) is -1.90. The number of hydrogen-bond donors (Lipinski definition) is 1. The molecule has 0 aliphatic heterocycles. The lowest BCUT2D eigenvalue weighted by Crippen LogP contribution is -2.17. The fourth-order valence-corrected chi connectivity index (χ4v) is 1.64. The van der Waals surface area contributed by atoms with Gasteiger partial charge in [-0.2, -0.15) is 0 Å². The summed E-state index contributed by atoms with van der Waals surface area (Å²) < 4.78 is 40.9. The van der Waals surface area contributed by atoms with Crippen LogP contribution < -0.4 is 4.74 Å². The predicted molar refractivity (Wildman–Crippen MR) is 62.3 cm³/mol. The molecule has 2 rings (SSSR count). The first kappa shape index (κ1) is 13.4. The minimum absolute atomic E-state index is 0.233. The fourth-order valence-electron chi connectivity index (χ4n) is 1.64. The number of hydrogen-bond acceptors (Lipinski definition) is 3. The fraction of sp³-hybridized carbons (Fsp3) is 0.154. The lowest BCUT2D eigenvalue weighted by atomic mass is 10.1. The molecule has 1 aromatic heterocycles. The topological polar surface area (TPSA) is 42.4 Å². The van der Waals surface area contributed by atoms with E-state index in [0.717, 1.165) is 0 Å². The van der Waals surface area contributed by atoms with Gasteiger partial charge in [-0.25, -0.2) is 0 Å². The normalized spacial score (nSPS) is 11.4. The summed E-state index contributed by atoms with van der Waals surface area (Å²) in [5, 5.41) is 9.01. The average Bonchev–Trinajstić information content (AvgIpc) is 2.37. The molecule has 0 saturated carbocycles. The van der Waals surface area contributed by atoms with Gasteiger partial charge in [-0.1, -0.05) is 18.2 Å². The SMILES string of the molecule is OCc1cncc(-c2ccccc2OC(F)(F)F)c1. The van der Waals surface area contributed by atoms with Gasteiger partial charge in [0.2, 0.25) is 0 Å². The van der Waals surface area contributed by atoms with Gasteiger partial charge in [0.15, 0.2) is 0 Å². The molecule has 0 saturated heterocycles. The van der Waals surface area contributed by atoms with Crippen LogP contribution in [0.2, 0.25) is 0 Å². The van der Waals surface area contributed by atoms with Crippen LogP contribution in [0.15, 0.2) is 42.7 Å². The third kappa shape index (κ3) is 3.45. The molecule has 3 nitrogen and oxygen atoms in total. The number of alkyl halides is 3. The van der Waals surface area contributed by atoms with Gasteiger partial charge in [0.25, 0.3) is 0 Å². The van der Waals surface area contributed by atoms with Crippen molar-refractivity contribution in [2.45, 2.75) is 13.0 Å². The van der Waals surface area contributed by atoms with Gasteiger partial charge in [-0.3, -0.25) is 4.98 Å². The van der Waals surface area contributed by atoms with Crippen LogP contribution in [0.4, 0.5) is 13.2 Å². The molecule has 100 valence electrons. The first-order valence-corrected chi connectivity index (χ1v) is 5.39. The number of rotatable bonds is 3. The van der Waals surface area contributed by atoms with Gasteiger partial charge in [-0.15, -0.1) is 13.2 Å². The van der Waals surface area contributed by atoms with E-state index in [1.807, 2.05) is 0 Å². The van der Waals surface area contributed by atoms with Crippen LogP contribution in [-0.4, -0.2) is 16.5 Å². The maximum Gasteiger partial charge on any atom is 0.573 e. The molecule has 0 spiro atoms. The molecule has 6 heteroatoms. The zero-order valence-electron chi connectivity index (χ0n) is 9.69. The molecule has 0 radical (unpaired) electrons. The van der Waals surface area contributed by atoms with Crippen LogP contribution in [0.25, 0.3) is 11.1 Å². The maximum absolute atomic E-state index is 12.3. The second-order valence-electron chi connectivity index (χ2n) is 3.78. The summed E-state index contributed by atoms with van der Waals surface area (Å²) in [7, 11) is 0. The molecule has 1 N–H and O–H groups in total. The summed E-state index contributed by atoms with van der Waals surface area (Å²) in [4.78, 5) is 3.87. The Morgan fingerprint density at radius 1 is 1.16 bits per heavy atom. The molecule has 1 aromatic carbocycles. The van der Waals surface area contributed by atoms with Crippen LogP contribution in [0.3, 0.4) is 0 Å². The molecule has 0 aliphatic carbocycles. The number of aliphatic hydroxyl groups excluding tert-OH is 1. The number of aromatic nitrogens is 1. The lowest BCUT2D eigenvalue weighted by Gasteiger charge is -2.13. The highest BCUT2D eigenvalue weighted by atomic mass is 19.4. The van der Waals surface area contributed by atoms with Crippen LogP contribution in [-0.2, 0) is 6.61 Å². The summed E-state index contributed by atoms with van der Waals surface area (Å²) in [5.74, 6) is -0.299. The van der Waals surface area contributed by atoms with E-state index in [1.54, 1.807) is 12.1 Å². The average molecular weight is 269 g/mol.